The highest BCUT2D eigenvalue weighted by molar-refractivity contribution is 5.75. The molecule has 0 aromatic heterocycles. The van der Waals surface area contributed by atoms with E-state index in [0.717, 1.165) is 25.9 Å². The average molecular weight is 247 g/mol. The van der Waals surface area contributed by atoms with Gasteiger partial charge in [-0.2, -0.15) is 0 Å². The van der Waals surface area contributed by atoms with E-state index in [-0.39, 0.29) is 12.0 Å². The van der Waals surface area contributed by atoms with E-state index in [1.165, 1.54) is 11.1 Å². The highest BCUT2D eigenvalue weighted by Gasteiger charge is 2.30. The Morgan fingerprint density at radius 2 is 1.89 bits per heavy atom. The molecule has 3 heteroatoms. The predicted octanol–water partition coefficient (Wildman–Crippen LogP) is 2.73. The quantitative estimate of drug-likeness (QED) is 0.749. The summed E-state index contributed by atoms with van der Waals surface area (Å²) in [4.78, 5) is 14.2. The third-order valence-electron chi connectivity index (χ3n) is 3.43. The smallest absolute Gasteiger partial charge is 0.323 e. The second kappa shape index (κ2) is 6.01. The Kier molecular flexibility index (Phi) is 4.37. The number of ether oxygens (including phenoxy) is 1. The number of benzene rings is 1. The summed E-state index contributed by atoms with van der Waals surface area (Å²) in [6, 6.07) is 8.30. The summed E-state index contributed by atoms with van der Waals surface area (Å²) in [6.07, 6.45) is 1.86. The number of hydrogen-bond acceptors (Lipinski definition) is 3. The first-order valence-electron chi connectivity index (χ1n) is 6.73. The molecule has 1 aliphatic rings. The third-order valence-corrected chi connectivity index (χ3v) is 3.43. The first kappa shape index (κ1) is 13.1. The van der Waals surface area contributed by atoms with Gasteiger partial charge in [-0.3, -0.25) is 9.69 Å². The molecule has 0 amide bonds. The second-order valence-electron chi connectivity index (χ2n) is 4.73. The molecule has 0 saturated heterocycles. The number of fused-ring (bicyclic) bond motifs is 1. The molecule has 0 bridgehead atoms. The first-order valence-corrected chi connectivity index (χ1v) is 6.73. The minimum Gasteiger partial charge on any atom is -0.465 e. The van der Waals surface area contributed by atoms with Crippen LogP contribution < -0.4 is 0 Å². The van der Waals surface area contributed by atoms with Crippen LogP contribution in [0.5, 0.6) is 0 Å². The topological polar surface area (TPSA) is 29.5 Å². The van der Waals surface area contributed by atoms with Crippen LogP contribution in [0.15, 0.2) is 24.3 Å². The van der Waals surface area contributed by atoms with Crippen molar-refractivity contribution in [1.82, 2.24) is 4.90 Å². The fraction of sp³-hybridized carbons (Fsp3) is 0.533. The van der Waals surface area contributed by atoms with E-state index >= 15 is 0 Å². The molecule has 0 aliphatic carbocycles. The summed E-state index contributed by atoms with van der Waals surface area (Å²) < 4.78 is 5.19. The number of carbonyl (C=O) groups is 1. The van der Waals surface area contributed by atoms with Crippen molar-refractivity contribution in [3.05, 3.63) is 35.4 Å². The molecule has 0 spiro atoms. The minimum absolute atomic E-state index is 0.0767. The Hall–Kier alpha value is -1.35. The molecule has 1 aliphatic heterocycles. The fourth-order valence-corrected chi connectivity index (χ4v) is 2.54. The lowest BCUT2D eigenvalue weighted by atomic mass is 10.1. The molecular formula is C15H21NO2. The first-order chi connectivity index (χ1) is 8.76. The molecule has 3 nitrogen and oxygen atoms in total. The van der Waals surface area contributed by atoms with Gasteiger partial charge in [-0.15, -0.1) is 0 Å². The van der Waals surface area contributed by atoms with Crippen molar-refractivity contribution in [3.63, 3.8) is 0 Å². The Labute approximate surface area is 109 Å². The Balaban J connectivity index is 2.08. The van der Waals surface area contributed by atoms with Gasteiger partial charge >= 0.3 is 5.97 Å². The maximum Gasteiger partial charge on any atom is 0.323 e. The predicted molar refractivity (Wildman–Crippen MR) is 71.0 cm³/mol. The van der Waals surface area contributed by atoms with Crippen LogP contribution in [-0.2, 0) is 22.6 Å². The van der Waals surface area contributed by atoms with Crippen molar-refractivity contribution < 1.29 is 9.53 Å². The van der Waals surface area contributed by atoms with Gasteiger partial charge in [-0.25, -0.2) is 0 Å². The number of hydrogen-bond donors (Lipinski definition) is 0. The van der Waals surface area contributed by atoms with Gasteiger partial charge in [0.15, 0.2) is 0 Å². The van der Waals surface area contributed by atoms with Gasteiger partial charge in [0.2, 0.25) is 0 Å². The molecule has 1 unspecified atom stereocenters. The van der Waals surface area contributed by atoms with Crippen molar-refractivity contribution in [2.75, 3.05) is 6.61 Å². The van der Waals surface area contributed by atoms with Crippen molar-refractivity contribution >= 4 is 5.97 Å². The summed E-state index contributed by atoms with van der Waals surface area (Å²) in [5.41, 5.74) is 2.67. The molecule has 1 aromatic carbocycles. The van der Waals surface area contributed by atoms with Gasteiger partial charge < -0.3 is 4.74 Å². The van der Waals surface area contributed by atoms with Crippen molar-refractivity contribution in [1.29, 1.82) is 0 Å². The lowest BCUT2D eigenvalue weighted by molar-refractivity contribution is -0.150. The molecule has 0 radical (unpaired) electrons. The van der Waals surface area contributed by atoms with Crippen LogP contribution in [0, 0.1) is 0 Å². The average Bonchev–Trinajstić information content (AvgIpc) is 2.79. The zero-order chi connectivity index (χ0) is 13.0. The highest BCUT2D eigenvalue weighted by Crippen LogP contribution is 2.26. The molecule has 2 rings (SSSR count). The molecule has 0 N–H and O–H groups in total. The summed E-state index contributed by atoms with van der Waals surface area (Å²) in [6.45, 7) is 6.15. The summed E-state index contributed by atoms with van der Waals surface area (Å²) in [5, 5.41) is 0. The van der Waals surface area contributed by atoms with Crippen molar-refractivity contribution in [3.8, 4) is 0 Å². The lowest BCUT2D eigenvalue weighted by Crippen LogP contribution is -2.38. The van der Waals surface area contributed by atoms with Crippen molar-refractivity contribution in [2.45, 2.75) is 45.8 Å². The van der Waals surface area contributed by atoms with Gasteiger partial charge in [0.1, 0.15) is 6.04 Å². The molecule has 98 valence electrons. The Morgan fingerprint density at radius 3 is 2.39 bits per heavy atom. The van der Waals surface area contributed by atoms with E-state index in [1.54, 1.807) is 0 Å². The normalized spacial score (nSPS) is 16.3. The van der Waals surface area contributed by atoms with E-state index < -0.39 is 0 Å². The molecular weight excluding hydrogens is 226 g/mol. The Bertz CT molecular complexity index is 392. The third kappa shape index (κ3) is 2.72. The van der Waals surface area contributed by atoms with E-state index in [0.29, 0.717) is 6.61 Å². The van der Waals surface area contributed by atoms with Crippen LogP contribution in [0.25, 0.3) is 0 Å². The van der Waals surface area contributed by atoms with Crippen molar-refractivity contribution in [2.24, 2.45) is 0 Å². The van der Waals surface area contributed by atoms with E-state index in [4.69, 9.17) is 4.74 Å². The standard InChI is InChI=1S/C15H21NO2/c1-3-7-14(15(17)18-4-2)16-10-12-8-5-6-9-13(12)11-16/h5-6,8-9,14H,3-4,7,10-11H2,1-2H3. The number of carbonyl (C=O) groups excluding carboxylic acids is 1. The molecule has 1 atom stereocenters. The maximum absolute atomic E-state index is 12.0. The van der Waals surface area contributed by atoms with Gasteiger partial charge in [0.25, 0.3) is 0 Å². The number of nitrogens with zero attached hydrogens (tertiary/aromatic N) is 1. The van der Waals surface area contributed by atoms with Crippen LogP contribution in [0.3, 0.4) is 0 Å². The lowest BCUT2D eigenvalue weighted by Gasteiger charge is -2.25. The molecule has 1 heterocycles. The second-order valence-corrected chi connectivity index (χ2v) is 4.73. The molecule has 18 heavy (non-hydrogen) atoms. The zero-order valence-corrected chi connectivity index (χ0v) is 11.2. The number of esters is 1. The van der Waals surface area contributed by atoms with Gasteiger partial charge in [0, 0.05) is 13.1 Å². The molecule has 1 aromatic rings. The van der Waals surface area contributed by atoms with Crippen LogP contribution in [0.4, 0.5) is 0 Å². The maximum atomic E-state index is 12.0. The summed E-state index contributed by atoms with van der Waals surface area (Å²) in [7, 11) is 0. The SMILES string of the molecule is CCCC(C(=O)OCC)N1Cc2ccccc2C1. The minimum atomic E-state index is -0.0950. The zero-order valence-electron chi connectivity index (χ0n) is 11.2. The largest absolute Gasteiger partial charge is 0.465 e. The van der Waals surface area contributed by atoms with Gasteiger partial charge in [0.05, 0.1) is 6.61 Å². The Morgan fingerprint density at radius 1 is 1.28 bits per heavy atom. The van der Waals surface area contributed by atoms with E-state index in [1.807, 2.05) is 6.92 Å². The van der Waals surface area contributed by atoms with Crippen LogP contribution in [-0.4, -0.2) is 23.5 Å². The molecule has 0 saturated carbocycles. The van der Waals surface area contributed by atoms with E-state index in [2.05, 4.69) is 36.1 Å². The summed E-state index contributed by atoms with van der Waals surface area (Å²) in [5.74, 6) is -0.0767. The monoisotopic (exact) mass is 247 g/mol. The van der Waals surface area contributed by atoms with Gasteiger partial charge in [-0.1, -0.05) is 37.6 Å². The van der Waals surface area contributed by atoms with E-state index in [9.17, 15) is 4.79 Å². The molecule has 0 fully saturated rings. The van der Waals surface area contributed by atoms with Crippen LogP contribution in [0.2, 0.25) is 0 Å². The van der Waals surface area contributed by atoms with Crippen LogP contribution in [0.1, 0.15) is 37.8 Å². The van der Waals surface area contributed by atoms with Gasteiger partial charge in [-0.05, 0) is 24.5 Å². The highest BCUT2D eigenvalue weighted by atomic mass is 16.5. The van der Waals surface area contributed by atoms with Crippen LogP contribution >= 0.6 is 0 Å². The summed E-state index contributed by atoms with van der Waals surface area (Å²) >= 11 is 0. The number of rotatable bonds is 5. The fourth-order valence-electron chi connectivity index (χ4n) is 2.54.